The van der Waals surface area contributed by atoms with Crippen molar-refractivity contribution in [3.63, 3.8) is 0 Å². The molecule has 4 heteroatoms. The van der Waals surface area contributed by atoms with Gasteiger partial charge in [0.05, 0.1) is 0 Å². The molecule has 0 atom stereocenters. The second-order valence-corrected chi connectivity index (χ2v) is 4.35. The molecule has 0 radical (unpaired) electrons. The lowest BCUT2D eigenvalue weighted by atomic mass is 10.1. The van der Waals surface area contributed by atoms with Crippen LogP contribution in [0.4, 0.5) is 0 Å². The lowest BCUT2D eigenvalue weighted by Crippen LogP contribution is -2.22. The van der Waals surface area contributed by atoms with Gasteiger partial charge >= 0.3 is 0 Å². The van der Waals surface area contributed by atoms with Gasteiger partial charge < -0.3 is 15.5 Å². The van der Waals surface area contributed by atoms with Crippen molar-refractivity contribution in [3.8, 4) is 11.5 Å². The number of hydrogen-bond donors (Lipinski definition) is 3. The Bertz CT molecular complexity index is 608. The topological polar surface area (TPSA) is 69.6 Å². The Hall–Kier alpha value is -2.49. The fourth-order valence-corrected chi connectivity index (χ4v) is 1.70. The molecule has 1 amide bonds. The zero-order valence-electron chi connectivity index (χ0n) is 10.6. The monoisotopic (exact) mass is 257 g/mol. The van der Waals surface area contributed by atoms with E-state index in [1.54, 1.807) is 37.3 Å². The first kappa shape index (κ1) is 13.0. The highest BCUT2D eigenvalue weighted by molar-refractivity contribution is 5.94. The molecule has 0 saturated carbocycles. The van der Waals surface area contributed by atoms with Crippen molar-refractivity contribution in [2.75, 3.05) is 0 Å². The van der Waals surface area contributed by atoms with Crippen molar-refractivity contribution in [1.82, 2.24) is 5.32 Å². The fraction of sp³-hybridized carbons (Fsp3) is 0.133. The number of rotatable bonds is 3. The second-order valence-electron chi connectivity index (χ2n) is 4.35. The minimum Gasteiger partial charge on any atom is -0.508 e. The van der Waals surface area contributed by atoms with Gasteiger partial charge in [0.1, 0.15) is 11.5 Å². The van der Waals surface area contributed by atoms with Gasteiger partial charge in [-0.3, -0.25) is 4.79 Å². The second kappa shape index (κ2) is 5.44. The summed E-state index contributed by atoms with van der Waals surface area (Å²) in [6.07, 6.45) is 0. The highest BCUT2D eigenvalue weighted by Crippen LogP contribution is 2.17. The van der Waals surface area contributed by atoms with E-state index in [4.69, 9.17) is 0 Å². The summed E-state index contributed by atoms with van der Waals surface area (Å²) in [7, 11) is 0. The highest BCUT2D eigenvalue weighted by Gasteiger charge is 2.07. The van der Waals surface area contributed by atoms with Crippen molar-refractivity contribution in [3.05, 3.63) is 59.2 Å². The summed E-state index contributed by atoms with van der Waals surface area (Å²) in [6, 6.07) is 11.5. The van der Waals surface area contributed by atoms with Crippen LogP contribution in [0.5, 0.6) is 11.5 Å². The Morgan fingerprint density at radius 2 is 1.95 bits per heavy atom. The smallest absolute Gasteiger partial charge is 0.251 e. The van der Waals surface area contributed by atoms with E-state index in [1.165, 1.54) is 6.07 Å². The van der Waals surface area contributed by atoms with Crippen molar-refractivity contribution in [1.29, 1.82) is 0 Å². The van der Waals surface area contributed by atoms with E-state index < -0.39 is 0 Å². The van der Waals surface area contributed by atoms with E-state index in [9.17, 15) is 15.0 Å². The Labute approximate surface area is 111 Å². The number of carbonyl (C=O) groups is 1. The van der Waals surface area contributed by atoms with Gasteiger partial charge in [-0.05, 0) is 42.3 Å². The predicted molar refractivity (Wildman–Crippen MR) is 72.1 cm³/mol. The molecule has 0 aliphatic carbocycles. The number of benzene rings is 2. The molecule has 0 aliphatic rings. The molecular weight excluding hydrogens is 242 g/mol. The van der Waals surface area contributed by atoms with Crippen LogP contribution >= 0.6 is 0 Å². The van der Waals surface area contributed by atoms with Crippen LogP contribution in [-0.2, 0) is 6.54 Å². The summed E-state index contributed by atoms with van der Waals surface area (Å²) in [4.78, 5) is 11.9. The third kappa shape index (κ3) is 3.25. The molecule has 19 heavy (non-hydrogen) atoms. The quantitative estimate of drug-likeness (QED) is 0.790. The van der Waals surface area contributed by atoms with E-state index in [2.05, 4.69) is 5.32 Å². The summed E-state index contributed by atoms with van der Waals surface area (Å²) in [6.45, 7) is 2.09. The Morgan fingerprint density at radius 1 is 1.16 bits per heavy atom. The first-order valence-electron chi connectivity index (χ1n) is 5.92. The molecule has 0 spiro atoms. The van der Waals surface area contributed by atoms with Gasteiger partial charge in [0.2, 0.25) is 0 Å². The lowest BCUT2D eigenvalue weighted by molar-refractivity contribution is 0.0950. The van der Waals surface area contributed by atoms with E-state index >= 15 is 0 Å². The summed E-state index contributed by atoms with van der Waals surface area (Å²) in [5.41, 5.74) is 1.94. The molecule has 0 bridgehead atoms. The van der Waals surface area contributed by atoms with E-state index in [1.807, 2.05) is 6.07 Å². The molecule has 2 aromatic carbocycles. The SMILES string of the molecule is Cc1ccc(C(=O)NCc2cccc(O)c2)cc1O. The first-order valence-corrected chi connectivity index (χ1v) is 5.92. The first-order chi connectivity index (χ1) is 9.06. The summed E-state index contributed by atoms with van der Waals surface area (Å²) in [5.74, 6) is 0.00313. The minimum absolute atomic E-state index is 0.102. The molecule has 0 aromatic heterocycles. The average Bonchev–Trinajstić information content (AvgIpc) is 2.39. The zero-order valence-corrected chi connectivity index (χ0v) is 10.6. The number of carbonyl (C=O) groups excluding carboxylic acids is 1. The molecule has 0 heterocycles. The number of aromatic hydroxyl groups is 2. The van der Waals surface area contributed by atoms with Crippen molar-refractivity contribution in [2.45, 2.75) is 13.5 Å². The number of nitrogens with one attached hydrogen (secondary N) is 1. The fourth-order valence-electron chi connectivity index (χ4n) is 1.70. The largest absolute Gasteiger partial charge is 0.508 e. The minimum atomic E-state index is -0.265. The summed E-state index contributed by atoms with van der Waals surface area (Å²) >= 11 is 0. The molecule has 0 fully saturated rings. The van der Waals surface area contributed by atoms with Crippen molar-refractivity contribution >= 4 is 5.91 Å². The van der Waals surface area contributed by atoms with Crippen LogP contribution in [-0.4, -0.2) is 16.1 Å². The molecular formula is C15H15NO3. The van der Waals surface area contributed by atoms with Crippen LogP contribution in [0.3, 0.4) is 0 Å². The number of phenols is 2. The van der Waals surface area contributed by atoms with E-state index in [-0.39, 0.29) is 17.4 Å². The van der Waals surface area contributed by atoms with E-state index in [0.717, 1.165) is 11.1 Å². The van der Waals surface area contributed by atoms with Crippen LogP contribution in [0.2, 0.25) is 0 Å². The van der Waals surface area contributed by atoms with Gasteiger partial charge in [-0.1, -0.05) is 18.2 Å². The average molecular weight is 257 g/mol. The molecule has 2 aromatic rings. The molecule has 0 aliphatic heterocycles. The summed E-state index contributed by atoms with van der Waals surface area (Å²) < 4.78 is 0. The number of amides is 1. The predicted octanol–water partition coefficient (Wildman–Crippen LogP) is 2.34. The van der Waals surface area contributed by atoms with Crippen LogP contribution in [0.15, 0.2) is 42.5 Å². The van der Waals surface area contributed by atoms with Gasteiger partial charge in [0, 0.05) is 12.1 Å². The third-order valence-electron chi connectivity index (χ3n) is 2.83. The number of hydrogen-bond acceptors (Lipinski definition) is 3. The lowest BCUT2D eigenvalue weighted by Gasteiger charge is -2.07. The van der Waals surface area contributed by atoms with Crippen LogP contribution in [0.25, 0.3) is 0 Å². The molecule has 2 rings (SSSR count). The summed E-state index contributed by atoms with van der Waals surface area (Å²) in [5, 5.41) is 21.6. The Kier molecular flexibility index (Phi) is 3.71. The molecule has 4 nitrogen and oxygen atoms in total. The van der Waals surface area contributed by atoms with Crippen molar-refractivity contribution in [2.24, 2.45) is 0 Å². The van der Waals surface area contributed by atoms with E-state index in [0.29, 0.717) is 12.1 Å². The zero-order chi connectivity index (χ0) is 13.8. The molecule has 98 valence electrons. The van der Waals surface area contributed by atoms with Gasteiger partial charge in [-0.25, -0.2) is 0 Å². The number of aryl methyl sites for hydroxylation is 1. The molecule has 3 N–H and O–H groups in total. The van der Waals surface area contributed by atoms with Crippen LogP contribution < -0.4 is 5.32 Å². The third-order valence-corrected chi connectivity index (χ3v) is 2.83. The standard InChI is InChI=1S/C15H15NO3/c1-10-5-6-12(8-14(10)18)15(19)16-9-11-3-2-4-13(17)7-11/h2-8,17-18H,9H2,1H3,(H,16,19). The maximum Gasteiger partial charge on any atom is 0.251 e. The maximum absolute atomic E-state index is 11.9. The van der Waals surface area contributed by atoms with Gasteiger partial charge in [-0.15, -0.1) is 0 Å². The van der Waals surface area contributed by atoms with Crippen LogP contribution in [0.1, 0.15) is 21.5 Å². The maximum atomic E-state index is 11.9. The van der Waals surface area contributed by atoms with Gasteiger partial charge in [-0.2, -0.15) is 0 Å². The van der Waals surface area contributed by atoms with Crippen molar-refractivity contribution < 1.29 is 15.0 Å². The Balaban J connectivity index is 2.03. The number of phenolic OH excluding ortho intramolecular Hbond substituents is 2. The highest BCUT2D eigenvalue weighted by atomic mass is 16.3. The molecule has 0 saturated heterocycles. The van der Waals surface area contributed by atoms with Gasteiger partial charge in [0.25, 0.3) is 5.91 Å². The Morgan fingerprint density at radius 3 is 2.63 bits per heavy atom. The van der Waals surface area contributed by atoms with Crippen LogP contribution in [0, 0.1) is 6.92 Å². The van der Waals surface area contributed by atoms with Gasteiger partial charge in [0.15, 0.2) is 0 Å². The normalized spacial score (nSPS) is 10.2. The molecule has 0 unspecified atom stereocenters.